The number of methoxy groups -OCH3 is 1. The molecule has 7 nitrogen and oxygen atoms in total. The fourth-order valence-electron chi connectivity index (χ4n) is 3.21. The smallest absolute Gasteiger partial charge is 0.343 e. The first-order valence-corrected chi connectivity index (χ1v) is 8.22. The van der Waals surface area contributed by atoms with Gasteiger partial charge in [0.1, 0.15) is 5.82 Å². The largest absolute Gasteiger partial charge is 0.467 e. The van der Waals surface area contributed by atoms with Crippen LogP contribution in [0.25, 0.3) is 22.2 Å². The number of halogens is 1. The molecule has 0 atom stereocenters. The van der Waals surface area contributed by atoms with E-state index in [2.05, 4.69) is 25.2 Å². The monoisotopic (exact) mass is 356 g/mol. The highest BCUT2D eigenvalue weighted by molar-refractivity contribution is 5.94. The first kappa shape index (κ1) is 16.4. The third kappa shape index (κ3) is 2.77. The molecule has 4 rings (SSSR count). The fourth-order valence-corrected chi connectivity index (χ4v) is 3.21. The summed E-state index contributed by atoms with van der Waals surface area (Å²) < 4.78 is 23.8. The average molecular weight is 356 g/mol. The van der Waals surface area contributed by atoms with Crippen LogP contribution in [0.4, 0.5) is 10.2 Å². The Kier molecular flexibility index (Phi) is 3.82. The van der Waals surface area contributed by atoms with E-state index in [1.54, 1.807) is 13.1 Å². The molecule has 0 unspecified atom stereocenters. The predicted molar refractivity (Wildman–Crippen MR) is 92.3 cm³/mol. The Balaban J connectivity index is 1.61. The molecule has 2 heterocycles. The van der Waals surface area contributed by atoms with Crippen LogP contribution in [0, 0.1) is 6.92 Å². The lowest BCUT2D eigenvalue weighted by Gasteiger charge is -2.39. The lowest BCUT2D eigenvalue weighted by Crippen LogP contribution is -2.53. The molecular weight excluding hydrogens is 339 g/mol. The van der Waals surface area contributed by atoms with Crippen molar-refractivity contribution in [2.24, 2.45) is 0 Å². The number of pyridine rings is 1. The SMILES string of the molecule is COC(=O)C1(F)CC(Nc2nccc3ccc(-c4noc(C)n4)cc23)C1. The van der Waals surface area contributed by atoms with Gasteiger partial charge in [0.15, 0.2) is 0 Å². The van der Waals surface area contributed by atoms with Crippen LogP contribution in [0.2, 0.25) is 0 Å². The van der Waals surface area contributed by atoms with E-state index in [1.807, 2.05) is 24.3 Å². The molecule has 0 aliphatic heterocycles. The maximum absolute atomic E-state index is 14.3. The number of anilines is 1. The molecule has 1 aliphatic rings. The van der Waals surface area contributed by atoms with Gasteiger partial charge in [-0.05, 0) is 17.5 Å². The zero-order valence-electron chi connectivity index (χ0n) is 14.3. The number of ether oxygens (including phenoxy) is 1. The van der Waals surface area contributed by atoms with Gasteiger partial charge in [0.25, 0.3) is 0 Å². The van der Waals surface area contributed by atoms with Crippen molar-refractivity contribution in [1.82, 2.24) is 15.1 Å². The normalized spacial score (nSPS) is 22.0. The van der Waals surface area contributed by atoms with E-state index in [4.69, 9.17) is 4.52 Å². The number of carbonyl (C=O) groups excluding carboxylic acids is 1. The van der Waals surface area contributed by atoms with Crippen LogP contribution < -0.4 is 5.32 Å². The topological polar surface area (TPSA) is 90.1 Å². The minimum absolute atomic E-state index is 0.0570. The van der Waals surface area contributed by atoms with Crippen molar-refractivity contribution < 1.29 is 18.4 Å². The molecule has 0 amide bonds. The predicted octanol–water partition coefficient (Wildman–Crippen LogP) is 3.05. The van der Waals surface area contributed by atoms with Gasteiger partial charge in [0.2, 0.25) is 17.4 Å². The first-order chi connectivity index (χ1) is 12.5. The summed E-state index contributed by atoms with van der Waals surface area (Å²) in [5, 5.41) is 8.99. The number of hydrogen-bond donors (Lipinski definition) is 1. The molecule has 1 N–H and O–H groups in total. The number of fused-ring (bicyclic) bond motifs is 1. The van der Waals surface area contributed by atoms with Crippen LogP contribution in [0.5, 0.6) is 0 Å². The number of benzene rings is 1. The third-order valence-electron chi connectivity index (χ3n) is 4.58. The second-order valence-corrected chi connectivity index (χ2v) is 6.44. The minimum Gasteiger partial charge on any atom is -0.467 e. The second-order valence-electron chi connectivity index (χ2n) is 6.44. The lowest BCUT2D eigenvalue weighted by atomic mass is 9.77. The van der Waals surface area contributed by atoms with E-state index in [9.17, 15) is 9.18 Å². The van der Waals surface area contributed by atoms with Crippen LogP contribution in [-0.4, -0.2) is 39.9 Å². The molecule has 2 aromatic heterocycles. The molecule has 0 bridgehead atoms. The number of carbonyl (C=O) groups is 1. The summed E-state index contributed by atoms with van der Waals surface area (Å²) in [6.45, 7) is 1.73. The molecule has 0 spiro atoms. The van der Waals surface area contributed by atoms with E-state index in [-0.39, 0.29) is 18.9 Å². The number of aryl methyl sites for hydroxylation is 1. The summed E-state index contributed by atoms with van der Waals surface area (Å²) in [6, 6.07) is 7.46. The molecule has 3 aromatic rings. The van der Waals surface area contributed by atoms with Crippen LogP contribution in [0.3, 0.4) is 0 Å². The number of aromatic nitrogens is 3. The Morgan fingerprint density at radius 1 is 1.38 bits per heavy atom. The van der Waals surface area contributed by atoms with Crippen molar-refractivity contribution in [1.29, 1.82) is 0 Å². The van der Waals surface area contributed by atoms with Gasteiger partial charge in [-0.25, -0.2) is 14.2 Å². The van der Waals surface area contributed by atoms with Gasteiger partial charge in [-0.2, -0.15) is 4.98 Å². The van der Waals surface area contributed by atoms with Crippen molar-refractivity contribution in [2.75, 3.05) is 12.4 Å². The molecule has 0 saturated heterocycles. The summed E-state index contributed by atoms with van der Waals surface area (Å²) in [7, 11) is 1.19. The summed E-state index contributed by atoms with van der Waals surface area (Å²) in [6.07, 6.45) is 1.80. The molecular formula is C18H17FN4O3. The Morgan fingerprint density at radius 3 is 2.88 bits per heavy atom. The van der Waals surface area contributed by atoms with Gasteiger partial charge < -0.3 is 14.6 Å². The van der Waals surface area contributed by atoms with E-state index >= 15 is 0 Å². The van der Waals surface area contributed by atoms with Gasteiger partial charge in [-0.1, -0.05) is 17.3 Å². The zero-order chi connectivity index (χ0) is 18.3. The number of hydrogen-bond acceptors (Lipinski definition) is 7. The Morgan fingerprint density at radius 2 is 2.19 bits per heavy atom. The molecule has 26 heavy (non-hydrogen) atoms. The van der Waals surface area contributed by atoms with Crippen LogP contribution in [0.1, 0.15) is 18.7 Å². The highest BCUT2D eigenvalue weighted by atomic mass is 19.1. The maximum atomic E-state index is 14.3. The molecule has 0 radical (unpaired) electrons. The van der Waals surface area contributed by atoms with Gasteiger partial charge in [0, 0.05) is 43.0 Å². The number of esters is 1. The second kappa shape index (κ2) is 6.05. The Hall–Kier alpha value is -3.03. The first-order valence-electron chi connectivity index (χ1n) is 8.22. The van der Waals surface area contributed by atoms with Gasteiger partial charge in [0.05, 0.1) is 7.11 Å². The number of nitrogens with zero attached hydrogens (tertiary/aromatic N) is 3. The zero-order valence-corrected chi connectivity index (χ0v) is 14.3. The van der Waals surface area contributed by atoms with E-state index in [0.29, 0.717) is 17.5 Å². The highest BCUT2D eigenvalue weighted by Gasteiger charge is 2.52. The van der Waals surface area contributed by atoms with Crippen molar-refractivity contribution in [3.05, 3.63) is 36.4 Å². The summed E-state index contributed by atoms with van der Waals surface area (Å²) in [4.78, 5) is 20.1. The Labute approximate surface area is 148 Å². The van der Waals surface area contributed by atoms with Crippen LogP contribution >= 0.6 is 0 Å². The average Bonchev–Trinajstić information content (AvgIpc) is 3.05. The number of nitrogens with one attached hydrogen (secondary N) is 1. The van der Waals surface area contributed by atoms with Crippen LogP contribution in [0.15, 0.2) is 35.0 Å². The highest BCUT2D eigenvalue weighted by Crippen LogP contribution is 2.39. The number of rotatable bonds is 4. The molecule has 8 heteroatoms. The maximum Gasteiger partial charge on any atom is 0.343 e. The lowest BCUT2D eigenvalue weighted by molar-refractivity contribution is -0.161. The number of alkyl halides is 1. The fraction of sp³-hybridized carbons (Fsp3) is 0.333. The summed E-state index contributed by atoms with van der Waals surface area (Å²) >= 11 is 0. The molecule has 1 aliphatic carbocycles. The third-order valence-corrected chi connectivity index (χ3v) is 4.58. The van der Waals surface area contributed by atoms with Crippen molar-refractivity contribution in [3.8, 4) is 11.4 Å². The molecule has 1 fully saturated rings. The summed E-state index contributed by atoms with van der Waals surface area (Å²) in [5.41, 5.74) is -1.11. The van der Waals surface area contributed by atoms with E-state index in [1.165, 1.54) is 7.11 Å². The van der Waals surface area contributed by atoms with E-state index in [0.717, 1.165) is 16.3 Å². The minimum atomic E-state index is -1.91. The van der Waals surface area contributed by atoms with Crippen molar-refractivity contribution in [2.45, 2.75) is 31.5 Å². The van der Waals surface area contributed by atoms with Crippen LogP contribution in [-0.2, 0) is 9.53 Å². The van der Waals surface area contributed by atoms with Gasteiger partial charge >= 0.3 is 5.97 Å². The van der Waals surface area contributed by atoms with Gasteiger partial charge in [-0.15, -0.1) is 0 Å². The summed E-state index contributed by atoms with van der Waals surface area (Å²) in [5.74, 6) is 0.787. The quantitative estimate of drug-likeness (QED) is 0.719. The molecule has 134 valence electrons. The molecule has 1 saturated carbocycles. The Bertz CT molecular complexity index is 981. The van der Waals surface area contributed by atoms with Crippen molar-refractivity contribution in [3.63, 3.8) is 0 Å². The standard InChI is InChI=1S/C18H17FN4O3/c1-10-21-15(23-26-10)12-4-3-11-5-6-20-16(14(11)7-12)22-13-8-18(19,9-13)17(24)25-2/h3-7,13H,8-9H2,1-2H3,(H,20,22). The van der Waals surface area contributed by atoms with Gasteiger partial charge in [-0.3, -0.25) is 0 Å². The molecule has 1 aromatic carbocycles. The van der Waals surface area contributed by atoms with E-state index < -0.39 is 11.6 Å². The van der Waals surface area contributed by atoms with Crippen molar-refractivity contribution >= 4 is 22.6 Å².